The molecule has 0 spiro atoms. The Morgan fingerprint density at radius 1 is 0.565 bits per heavy atom. The highest BCUT2D eigenvalue weighted by atomic mass is 14.9. The molecule has 0 saturated heterocycles. The molecule has 0 aliphatic heterocycles. The lowest BCUT2D eigenvalue weighted by molar-refractivity contribution is 1.37. The topological polar surface area (TPSA) is 12.0 Å². The molecule has 0 radical (unpaired) electrons. The summed E-state index contributed by atoms with van der Waals surface area (Å²) in [6.07, 6.45) is 0. The third kappa shape index (κ3) is 5.63. The van der Waals surface area contributed by atoms with Gasteiger partial charge in [0.15, 0.2) is 0 Å². The molecule has 0 aromatic heterocycles. The molecule has 3 aromatic carbocycles. The Morgan fingerprint density at radius 3 is 1.70 bits per heavy atom. The third-order valence-electron chi connectivity index (χ3n) is 3.61. The van der Waals surface area contributed by atoms with Crippen molar-refractivity contribution in [2.45, 2.75) is 27.7 Å². The van der Waals surface area contributed by atoms with Gasteiger partial charge in [-0.3, -0.25) is 0 Å². The van der Waals surface area contributed by atoms with Crippen LogP contribution in [0.2, 0.25) is 0 Å². The van der Waals surface area contributed by atoms with Gasteiger partial charge < -0.3 is 5.32 Å². The molecule has 1 heteroatoms. The zero-order valence-electron chi connectivity index (χ0n) is 14.4. The van der Waals surface area contributed by atoms with Crippen LogP contribution in [0.5, 0.6) is 0 Å². The van der Waals surface area contributed by atoms with Gasteiger partial charge in [-0.2, -0.15) is 0 Å². The van der Waals surface area contributed by atoms with E-state index < -0.39 is 0 Å². The van der Waals surface area contributed by atoms with Crippen LogP contribution in [0.3, 0.4) is 0 Å². The van der Waals surface area contributed by atoms with Crippen LogP contribution < -0.4 is 5.32 Å². The Kier molecular flexibility index (Phi) is 5.99. The van der Waals surface area contributed by atoms with E-state index in [1.54, 1.807) is 0 Å². The van der Waals surface area contributed by atoms with Gasteiger partial charge in [0.2, 0.25) is 0 Å². The van der Waals surface area contributed by atoms with E-state index >= 15 is 0 Å². The van der Waals surface area contributed by atoms with Gasteiger partial charge in [0.1, 0.15) is 0 Å². The number of rotatable bonds is 2. The molecule has 1 nitrogen and oxygen atoms in total. The summed E-state index contributed by atoms with van der Waals surface area (Å²) in [6.45, 7) is 8.44. The summed E-state index contributed by atoms with van der Waals surface area (Å²) in [7, 11) is 0. The number of hydrogen-bond donors (Lipinski definition) is 1. The molecule has 0 fully saturated rings. The van der Waals surface area contributed by atoms with Gasteiger partial charge in [-0.05, 0) is 51.5 Å². The molecule has 0 amide bonds. The van der Waals surface area contributed by atoms with Gasteiger partial charge in [0.05, 0.1) is 0 Å². The summed E-state index contributed by atoms with van der Waals surface area (Å²) in [5, 5.41) is 3.40. The molecule has 0 aliphatic rings. The van der Waals surface area contributed by atoms with Crippen molar-refractivity contribution in [3.63, 3.8) is 0 Å². The number of anilines is 2. The van der Waals surface area contributed by atoms with Crippen LogP contribution in [-0.4, -0.2) is 0 Å². The van der Waals surface area contributed by atoms with Crippen LogP contribution in [0.15, 0.2) is 72.8 Å². The number of aryl methyl sites for hydroxylation is 4. The summed E-state index contributed by atoms with van der Waals surface area (Å²) in [5.41, 5.74) is 7.55. The van der Waals surface area contributed by atoms with Gasteiger partial charge in [0.25, 0.3) is 0 Å². The van der Waals surface area contributed by atoms with E-state index in [2.05, 4.69) is 87.6 Å². The summed E-state index contributed by atoms with van der Waals surface area (Å²) in [6, 6.07) is 25.1. The molecule has 0 bridgehead atoms. The van der Waals surface area contributed by atoms with Gasteiger partial charge in [-0.15, -0.1) is 0 Å². The van der Waals surface area contributed by atoms with Crippen molar-refractivity contribution in [1.82, 2.24) is 0 Å². The predicted molar refractivity (Wildman–Crippen MR) is 102 cm³/mol. The summed E-state index contributed by atoms with van der Waals surface area (Å²) in [5.74, 6) is 0. The summed E-state index contributed by atoms with van der Waals surface area (Å²) >= 11 is 0. The van der Waals surface area contributed by atoms with Crippen LogP contribution in [0.25, 0.3) is 0 Å². The molecule has 0 atom stereocenters. The van der Waals surface area contributed by atoms with Crippen molar-refractivity contribution in [3.8, 4) is 0 Å². The summed E-state index contributed by atoms with van der Waals surface area (Å²) < 4.78 is 0. The number of nitrogens with one attached hydrogen (secondary N) is 1. The monoisotopic (exact) mass is 303 g/mol. The zero-order valence-corrected chi connectivity index (χ0v) is 14.4. The van der Waals surface area contributed by atoms with E-state index in [-0.39, 0.29) is 0 Å². The largest absolute Gasteiger partial charge is 0.355 e. The van der Waals surface area contributed by atoms with Gasteiger partial charge in [-0.25, -0.2) is 0 Å². The molecule has 0 heterocycles. The number of hydrogen-bond acceptors (Lipinski definition) is 1. The highest BCUT2D eigenvalue weighted by Gasteiger charge is 1.97. The average molecular weight is 303 g/mol. The molecule has 118 valence electrons. The fraction of sp³-hybridized carbons (Fsp3) is 0.182. The zero-order chi connectivity index (χ0) is 16.7. The molecular formula is C22H25N. The van der Waals surface area contributed by atoms with Gasteiger partial charge >= 0.3 is 0 Å². The van der Waals surface area contributed by atoms with Crippen LogP contribution >= 0.6 is 0 Å². The van der Waals surface area contributed by atoms with E-state index in [4.69, 9.17) is 0 Å². The second-order valence-corrected chi connectivity index (χ2v) is 5.97. The maximum atomic E-state index is 3.40. The second-order valence-electron chi connectivity index (χ2n) is 5.97. The molecule has 0 unspecified atom stereocenters. The average Bonchev–Trinajstić information content (AvgIpc) is 2.52. The van der Waals surface area contributed by atoms with Crippen molar-refractivity contribution >= 4 is 11.4 Å². The van der Waals surface area contributed by atoms with Crippen LogP contribution in [0.1, 0.15) is 22.3 Å². The fourth-order valence-electron chi connectivity index (χ4n) is 2.44. The third-order valence-corrected chi connectivity index (χ3v) is 3.61. The highest BCUT2D eigenvalue weighted by molar-refractivity contribution is 5.63. The smallest absolute Gasteiger partial charge is 0.0414 e. The number of para-hydroxylation sites is 1. The second kappa shape index (κ2) is 8.19. The lowest BCUT2D eigenvalue weighted by atomic mass is 10.1. The first-order chi connectivity index (χ1) is 11.0. The first kappa shape index (κ1) is 16.8. The van der Waals surface area contributed by atoms with Crippen molar-refractivity contribution in [1.29, 1.82) is 0 Å². The van der Waals surface area contributed by atoms with Crippen molar-refractivity contribution in [2.24, 2.45) is 0 Å². The molecule has 3 aromatic rings. The minimum Gasteiger partial charge on any atom is -0.355 e. The number of benzene rings is 3. The Hall–Kier alpha value is -2.54. The van der Waals surface area contributed by atoms with Crippen LogP contribution in [-0.2, 0) is 0 Å². The van der Waals surface area contributed by atoms with Crippen molar-refractivity contribution in [3.05, 3.63) is 95.1 Å². The van der Waals surface area contributed by atoms with E-state index in [0.29, 0.717) is 0 Å². The molecule has 23 heavy (non-hydrogen) atoms. The normalized spacial score (nSPS) is 9.74. The minimum absolute atomic E-state index is 1.13. The predicted octanol–water partition coefficient (Wildman–Crippen LogP) is 6.35. The molecule has 0 saturated carbocycles. The summed E-state index contributed by atoms with van der Waals surface area (Å²) in [4.78, 5) is 0. The first-order valence-electron chi connectivity index (χ1n) is 7.97. The van der Waals surface area contributed by atoms with E-state index in [9.17, 15) is 0 Å². The molecule has 1 N–H and O–H groups in total. The Balaban J connectivity index is 0.000000203. The lowest BCUT2D eigenvalue weighted by Gasteiger charge is -2.09. The maximum Gasteiger partial charge on any atom is 0.0414 e. The van der Waals surface area contributed by atoms with E-state index in [1.165, 1.54) is 27.9 Å². The van der Waals surface area contributed by atoms with Crippen molar-refractivity contribution < 1.29 is 0 Å². The quantitative estimate of drug-likeness (QED) is 0.581. The Labute approximate surface area is 140 Å². The Morgan fingerprint density at radius 2 is 1.17 bits per heavy atom. The lowest BCUT2D eigenvalue weighted by Crippen LogP contribution is -1.92. The van der Waals surface area contributed by atoms with E-state index in [0.717, 1.165) is 5.69 Å². The minimum atomic E-state index is 1.13. The molecule has 0 aliphatic carbocycles. The van der Waals surface area contributed by atoms with Crippen LogP contribution in [0, 0.1) is 27.7 Å². The van der Waals surface area contributed by atoms with Gasteiger partial charge in [0, 0.05) is 11.4 Å². The van der Waals surface area contributed by atoms with E-state index in [1.807, 2.05) is 18.2 Å². The Bertz CT molecular complexity index is 728. The maximum absolute atomic E-state index is 3.40. The fourth-order valence-corrected chi connectivity index (χ4v) is 2.44. The van der Waals surface area contributed by atoms with Gasteiger partial charge in [-0.1, -0.05) is 71.3 Å². The highest BCUT2D eigenvalue weighted by Crippen LogP contribution is 2.20. The molecule has 3 rings (SSSR count). The first-order valence-corrected chi connectivity index (χ1v) is 7.97. The SMILES string of the molecule is Cc1ccc(Nc2ccccc2)c(C)c1.Cc1cccc(C)c1. The standard InChI is InChI=1S/C14H15N.C8H10/c1-11-8-9-14(12(2)10-11)15-13-6-4-3-5-7-13;1-7-4-3-5-8(2)6-7/h3-10,15H,1-2H3;3-6H,1-2H3. The van der Waals surface area contributed by atoms with Crippen molar-refractivity contribution in [2.75, 3.05) is 5.32 Å². The molecular weight excluding hydrogens is 278 g/mol. The van der Waals surface area contributed by atoms with Crippen LogP contribution in [0.4, 0.5) is 11.4 Å².